The van der Waals surface area contributed by atoms with E-state index in [0.717, 1.165) is 12.8 Å². The second kappa shape index (κ2) is 4.67. The number of aliphatic hydroxyl groups excluding tert-OH is 1. The van der Waals surface area contributed by atoms with Crippen LogP contribution in [0.2, 0.25) is 0 Å². The molecular weight excluding hydrogens is 248 g/mol. The zero-order chi connectivity index (χ0) is 14.4. The van der Waals surface area contributed by atoms with Gasteiger partial charge >= 0.3 is 12.0 Å². The van der Waals surface area contributed by atoms with Gasteiger partial charge in [-0.05, 0) is 32.6 Å². The van der Waals surface area contributed by atoms with E-state index in [1.807, 2.05) is 0 Å². The number of amides is 2. The van der Waals surface area contributed by atoms with E-state index >= 15 is 0 Å². The van der Waals surface area contributed by atoms with E-state index in [4.69, 9.17) is 5.11 Å². The van der Waals surface area contributed by atoms with Crippen molar-refractivity contribution in [2.45, 2.75) is 38.3 Å². The van der Waals surface area contributed by atoms with Crippen molar-refractivity contribution in [2.24, 2.45) is 11.8 Å². The highest BCUT2D eigenvalue weighted by Gasteiger charge is 2.46. The number of carboxylic acid groups (broad SMARTS) is 1. The number of aliphatic carboxylic acids is 1. The molecule has 3 atom stereocenters. The van der Waals surface area contributed by atoms with Crippen molar-refractivity contribution in [1.29, 1.82) is 0 Å². The lowest BCUT2D eigenvalue weighted by atomic mass is 10.00. The van der Waals surface area contributed by atoms with Gasteiger partial charge in [0.25, 0.3) is 0 Å². The summed E-state index contributed by atoms with van der Waals surface area (Å²) in [5.41, 5.74) is -1.23. The minimum atomic E-state index is -1.23. The van der Waals surface area contributed by atoms with E-state index in [1.54, 1.807) is 4.90 Å². The fourth-order valence-corrected chi connectivity index (χ4v) is 2.99. The van der Waals surface area contributed by atoms with Crippen LogP contribution >= 0.6 is 0 Å². The monoisotopic (exact) mass is 270 g/mol. The number of urea groups is 1. The number of rotatable bonds is 2. The van der Waals surface area contributed by atoms with Crippen molar-refractivity contribution in [3.63, 3.8) is 0 Å². The van der Waals surface area contributed by atoms with Gasteiger partial charge < -0.3 is 20.0 Å². The Labute approximate surface area is 113 Å². The molecule has 1 saturated heterocycles. The van der Waals surface area contributed by atoms with Gasteiger partial charge in [-0.1, -0.05) is 0 Å². The molecule has 3 unspecified atom stereocenters. The molecule has 1 aliphatic heterocycles. The summed E-state index contributed by atoms with van der Waals surface area (Å²) in [6.07, 6.45) is 1.44. The van der Waals surface area contributed by atoms with Gasteiger partial charge in [0.05, 0.1) is 6.10 Å². The number of carboxylic acids is 1. The van der Waals surface area contributed by atoms with E-state index in [0.29, 0.717) is 19.0 Å². The smallest absolute Gasteiger partial charge is 0.329 e. The van der Waals surface area contributed by atoms with Crippen molar-refractivity contribution in [1.82, 2.24) is 9.80 Å². The van der Waals surface area contributed by atoms with Crippen LogP contribution in [-0.4, -0.2) is 63.8 Å². The molecule has 6 heteroatoms. The zero-order valence-corrected chi connectivity index (χ0v) is 11.7. The number of aliphatic hydroxyl groups is 1. The van der Waals surface area contributed by atoms with Crippen molar-refractivity contribution >= 4 is 12.0 Å². The van der Waals surface area contributed by atoms with Crippen molar-refractivity contribution in [2.75, 3.05) is 20.1 Å². The van der Waals surface area contributed by atoms with Gasteiger partial charge in [0.15, 0.2) is 0 Å². The Morgan fingerprint density at radius 3 is 2.42 bits per heavy atom. The quantitative estimate of drug-likeness (QED) is 0.770. The van der Waals surface area contributed by atoms with Crippen LogP contribution in [0.25, 0.3) is 0 Å². The minimum absolute atomic E-state index is 0.158. The molecule has 2 aliphatic rings. The topological polar surface area (TPSA) is 81.1 Å². The number of nitrogens with zero attached hydrogens (tertiary/aromatic N) is 2. The SMILES string of the molecule is CN(C(=O)N1CC2CCC(O)C2C1)C(C)(C)C(=O)O. The van der Waals surface area contributed by atoms with Crippen molar-refractivity contribution in [3.05, 3.63) is 0 Å². The molecule has 108 valence electrons. The summed E-state index contributed by atoms with van der Waals surface area (Å²) in [5.74, 6) is -0.506. The molecule has 2 amide bonds. The van der Waals surface area contributed by atoms with Crippen LogP contribution in [0.4, 0.5) is 4.79 Å². The van der Waals surface area contributed by atoms with Gasteiger partial charge in [-0.15, -0.1) is 0 Å². The number of hydrogen-bond donors (Lipinski definition) is 2. The van der Waals surface area contributed by atoms with Crippen LogP contribution in [0.5, 0.6) is 0 Å². The molecule has 0 radical (unpaired) electrons. The Hall–Kier alpha value is -1.30. The standard InChI is InChI=1S/C13H22N2O4/c1-13(2,11(17)18)14(3)12(19)15-6-8-4-5-10(16)9(8)7-15/h8-10,16H,4-7H2,1-3H3,(H,17,18). The molecule has 2 fully saturated rings. The molecule has 1 saturated carbocycles. The van der Waals surface area contributed by atoms with Crippen LogP contribution < -0.4 is 0 Å². The largest absolute Gasteiger partial charge is 0.480 e. The molecule has 0 aromatic carbocycles. The van der Waals surface area contributed by atoms with Gasteiger partial charge in [0.1, 0.15) is 5.54 Å². The third-order valence-corrected chi connectivity index (χ3v) is 4.74. The summed E-state index contributed by atoms with van der Waals surface area (Å²) < 4.78 is 0. The molecule has 2 N–H and O–H groups in total. The molecule has 1 heterocycles. The molecule has 2 rings (SSSR count). The van der Waals surface area contributed by atoms with Crippen LogP contribution in [0, 0.1) is 11.8 Å². The second-order valence-corrected chi connectivity index (χ2v) is 6.18. The average Bonchev–Trinajstić information content (AvgIpc) is 2.90. The Bertz CT molecular complexity index is 396. The maximum atomic E-state index is 12.3. The molecule has 0 spiro atoms. The molecule has 0 bridgehead atoms. The van der Waals surface area contributed by atoms with E-state index in [9.17, 15) is 14.7 Å². The van der Waals surface area contributed by atoms with Crippen LogP contribution in [0.1, 0.15) is 26.7 Å². The average molecular weight is 270 g/mol. The first kappa shape index (κ1) is 14.1. The fourth-order valence-electron chi connectivity index (χ4n) is 2.99. The first-order valence-electron chi connectivity index (χ1n) is 6.69. The van der Waals surface area contributed by atoms with E-state index in [2.05, 4.69) is 0 Å². The first-order valence-corrected chi connectivity index (χ1v) is 6.69. The summed E-state index contributed by atoms with van der Waals surface area (Å²) in [4.78, 5) is 26.5. The molecule has 0 aromatic heterocycles. The van der Waals surface area contributed by atoms with E-state index in [1.165, 1.54) is 25.8 Å². The predicted molar refractivity (Wildman–Crippen MR) is 68.7 cm³/mol. The molecule has 19 heavy (non-hydrogen) atoms. The summed E-state index contributed by atoms with van der Waals surface area (Å²) in [5, 5.41) is 19.0. The third-order valence-electron chi connectivity index (χ3n) is 4.74. The third kappa shape index (κ3) is 2.29. The van der Waals surface area contributed by atoms with Gasteiger partial charge in [0, 0.05) is 26.1 Å². The summed E-state index contributed by atoms with van der Waals surface area (Å²) in [7, 11) is 1.51. The zero-order valence-electron chi connectivity index (χ0n) is 11.7. The number of carbonyl (C=O) groups is 2. The lowest BCUT2D eigenvalue weighted by molar-refractivity contribution is -0.147. The number of hydrogen-bond acceptors (Lipinski definition) is 3. The highest BCUT2D eigenvalue weighted by Crippen LogP contribution is 2.38. The molecule has 0 aromatic rings. The van der Waals surface area contributed by atoms with Crippen LogP contribution in [0.3, 0.4) is 0 Å². The predicted octanol–water partition coefficient (Wildman–Crippen LogP) is 0.604. The Morgan fingerprint density at radius 2 is 1.89 bits per heavy atom. The minimum Gasteiger partial charge on any atom is -0.480 e. The molecular formula is C13H22N2O4. The van der Waals surface area contributed by atoms with Gasteiger partial charge in [-0.2, -0.15) is 0 Å². The highest BCUT2D eigenvalue weighted by atomic mass is 16.4. The van der Waals surface area contributed by atoms with E-state index in [-0.39, 0.29) is 18.1 Å². The fraction of sp³-hybridized carbons (Fsp3) is 0.846. The number of carbonyl (C=O) groups excluding carboxylic acids is 1. The normalized spacial score (nSPS) is 30.3. The Balaban J connectivity index is 2.04. The lowest BCUT2D eigenvalue weighted by Gasteiger charge is -2.35. The summed E-state index contributed by atoms with van der Waals surface area (Å²) in [6, 6.07) is -0.269. The summed E-state index contributed by atoms with van der Waals surface area (Å²) >= 11 is 0. The maximum Gasteiger partial charge on any atom is 0.329 e. The number of fused-ring (bicyclic) bond motifs is 1. The Morgan fingerprint density at radius 1 is 1.26 bits per heavy atom. The van der Waals surface area contributed by atoms with Gasteiger partial charge in [-0.3, -0.25) is 0 Å². The molecule has 1 aliphatic carbocycles. The maximum absolute atomic E-state index is 12.3. The number of likely N-dealkylation sites (N-methyl/N-ethyl adjacent to an activating group) is 1. The molecule has 6 nitrogen and oxygen atoms in total. The lowest BCUT2D eigenvalue weighted by Crippen LogP contribution is -2.54. The highest BCUT2D eigenvalue weighted by molar-refractivity contribution is 5.85. The summed E-state index contributed by atoms with van der Waals surface area (Å²) in [6.45, 7) is 4.18. The van der Waals surface area contributed by atoms with Gasteiger partial charge in [-0.25, -0.2) is 9.59 Å². The van der Waals surface area contributed by atoms with Crippen molar-refractivity contribution in [3.8, 4) is 0 Å². The van der Waals surface area contributed by atoms with Gasteiger partial charge in [0.2, 0.25) is 0 Å². The van der Waals surface area contributed by atoms with Crippen LogP contribution in [-0.2, 0) is 4.79 Å². The van der Waals surface area contributed by atoms with Crippen LogP contribution in [0.15, 0.2) is 0 Å². The van der Waals surface area contributed by atoms with Crippen molar-refractivity contribution < 1.29 is 19.8 Å². The Kier molecular flexibility index (Phi) is 3.47. The second-order valence-electron chi connectivity index (χ2n) is 6.18. The van der Waals surface area contributed by atoms with E-state index < -0.39 is 11.5 Å². The first-order chi connectivity index (χ1) is 8.75. The number of likely N-dealkylation sites (tertiary alicyclic amines) is 1.